The summed E-state index contributed by atoms with van der Waals surface area (Å²) < 4.78 is 5.18. The van der Waals surface area contributed by atoms with Crippen LogP contribution in [0.1, 0.15) is 24.8 Å². The lowest BCUT2D eigenvalue weighted by Crippen LogP contribution is -2.46. The molecule has 5 heteroatoms. The first kappa shape index (κ1) is 15.5. The third-order valence-electron chi connectivity index (χ3n) is 3.76. The van der Waals surface area contributed by atoms with E-state index < -0.39 is 11.9 Å². The summed E-state index contributed by atoms with van der Waals surface area (Å²) >= 11 is 0. The van der Waals surface area contributed by atoms with Crippen LogP contribution in [-0.2, 0) is 20.7 Å². The molecule has 0 aliphatic carbocycles. The van der Waals surface area contributed by atoms with Crippen LogP contribution in [0.15, 0.2) is 30.3 Å². The molecular weight excluding hydrogens is 268 g/mol. The van der Waals surface area contributed by atoms with Crippen LogP contribution < -0.4 is 11.1 Å². The van der Waals surface area contributed by atoms with Gasteiger partial charge in [-0.3, -0.25) is 9.59 Å². The number of ether oxygens (including phenoxy) is 1. The van der Waals surface area contributed by atoms with E-state index in [9.17, 15) is 9.59 Å². The van der Waals surface area contributed by atoms with Crippen molar-refractivity contribution in [3.05, 3.63) is 35.9 Å². The molecule has 0 radical (unpaired) electrons. The smallest absolute Gasteiger partial charge is 0.239 e. The Labute approximate surface area is 124 Å². The molecule has 2 atom stereocenters. The highest BCUT2D eigenvalue weighted by Crippen LogP contribution is 2.13. The van der Waals surface area contributed by atoms with E-state index in [1.807, 2.05) is 30.3 Å². The van der Waals surface area contributed by atoms with Gasteiger partial charge in [0.25, 0.3) is 0 Å². The summed E-state index contributed by atoms with van der Waals surface area (Å²) in [5, 5.41) is 2.75. The van der Waals surface area contributed by atoms with Crippen molar-refractivity contribution in [3.63, 3.8) is 0 Å². The lowest BCUT2D eigenvalue weighted by atomic mass is 10.0. The molecule has 114 valence electrons. The molecule has 0 unspecified atom stereocenters. The molecule has 3 N–H and O–H groups in total. The van der Waals surface area contributed by atoms with Crippen molar-refractivity contribution in [1.29, 1.82) is 0 Å². The van der Waals surface area contributed by atoms with E-state index in [-0.39, 0.29) is 11.8 Å². The van der Waals surface area contributed by atoms with E-state index in [2.05, 4.69) is 5.32 Å². The fraction of sp³-hybridized carbons (Fsp3) is 0.500. The molecule has 1 aromatic rings. The van der Waals surface area contributed by atoms with Gasteiger partial charge in [0.05, 0.1) is 12.5 Å². The molecule has 0 saturated carbocycles. The van der Waals surface area contributed by atoms with Gasteiger partial charge in [-0.15, -0.1) is 0 Å². The summed E-state index contributed by atoms with van der Waals surface area (Å²) in [4.78, 5) is 23.5. The second-order valence-electron chi connectivity index (χ2n) is 5.40. The average Bonchev–Trinajstić information content (AvgIpc) is 3.01. The standard InChI is InChI=1S/C16H22N2O3/c17-15(19)14(18-16(20)13-9-10-21-11-13)8-4-7-12-5-2-1-3-6-12/h1-3,5-6,13-14H,4,7-11H2,(H2,17,19)(H,18,20)/t13-,14-/m1/s1. The van der Waals surface area contributed by atoms with E-state index in [1.54, 1.807) is 0 Å². The predicted molar refractivity (Wildman–Crippen MR) is 79.4 cm³/mol. The number of amides is 2. The molecule has 1 heterocycles. The third kappa shape index (κ3) is 4.86. The Morgan fingerprint density at radius 1 is 1.33 bits per heavy atom. The Bertz CT molecular complexity index is 470. The van der Waals surface area contributed by atoms with Gasteiger partial charge in [-0.25, -0.2) is 0 Å². The van der Waals surface area contributed by atoms with Crippen molar-refractivity contribution >= 4 is 11.8 Å². The van der Waals surface area contributed by atoms with E-state index in [0.717, 1.165) is 12.8 Å². The minimum atomic E-state index is -0.596. The topological polar surface area (TPSA) is 81.4 Å². The van der Waals surface area contributed by atoms with E-state index in [1.165, 1.54) is 5.56 Å². The summed E-state index contributed by atoms with van der Waals surface area (Å²) in [6.45, 7) is 1.04. The number of nitrogens with two attached hydrogens (primary N) is 1. The van der Waals surface area contributed by atoms with Crippen LogP contribution in [0.3, 0.4) is 0 Å². The maximum absolute atomic E-state index is 12.0. The fourth-order valence-electron chi connectivity index (χ4n) is 2.47. The summed E-state index contributed by atoms with van der Waals surface area (Å²) in [6, 6.07) is 9.45. The van der Waals surface area contributed by atoms with Gasteiger partial charge in [0.15, 0.2) is 0 Å². The number of hydrogen-bond donors (Lipinski definition) is 2. The average molecular weight is 290 g/mol. The minimum Gasteiger partial charge on any atom is -0.381 e. The SMILES string of the molecule is NC(=O)[C@@H](CCCc1ccccc1)NC(=O)[C@@H]1CCOC1. The van der Waals surface area contributed by atoms with Crippen LogP contribution in [0.4, 0.5) is 0 Å². The minimum absolute atomic E-state index is 0.129. The van der Waals surface area contributed by atoms with E-state index >= 15 is 0 Å². The van der Waals surface area contributed by atoms with E-state index in [4.69, 9.17) is 10.5 Å². The maximum Gasteiger partial charge on any atom is 0.239 e. The fourth-order valence-corrected chi connectivity index (χ4v) is 2.47. The molecule has 1 fully saturated rings. The first-order valence-corrected chi connectivity index (χ1v) is 7.38. The number of rotatable bonds is 7. The lowest BCUT2D eigenvalue weighted by molar-refractivity contribution is -0.130. The Balaban J connectivity index is 1.79. The normalized spacial score (nSPS) is 19.1. The number of carbonyl (C=O) groups is 2. The number of nitrogens with one attached hydrogen (secondary N) is 1. The highest BCUT2D eigenvalue weighted by atomic mass is 16.5. The van der Waals surface area contributed by atoms with Gasteiger partial charge in [-0.1, -0.05) is 30.3 Å². The quantitative estimate of drug-likeness (QED) is 0.786. The molecule has 0 bridgehead atoms. The summed E-state index contributed by atoms with van der Waals surface area (Å²) in [7, 11) is 0. The molecule has 1 aliphatic heterocycles. The molecule has 0 aromatic heterocycles. The first-order chi connectivity index (χ1) is 10.2. The zero-order valence-electron chi connectivity index (χ0n) is 12.1. The molecule has 1 aliphatic rings. The van der Waals surface area contributed by atoms with Crippen molar-refractivity contribution in [2.45, 2.75) is 31.7 Å². The van der Waals surface area contributed by atoms with Gasteiger partial charge in [-0.2, -0.15) is 0 Å². The Kier molecular flexibility index (Phi) is 5.75. The van der Waals surface area contributed by atoms with Gasteiger partial charge in [0.1, 0.15) is 6.04 Å². The van der Waals surface area contributed by atoms with Crippen LogP contribution in [0.25, 0.3) is 0 Å². The van der Waals surface area contributed by atoms with Crippen LogP contribution in [-0.4, -0.2) is 31.1 Å². The van der Waals surface area contributed by atoms with Gasteiger partial charge >= 0.3 is 0 Å². The van der Waals surface area contributed by atoms with Crippen molar-refractivity contribution in [3.8, 4) is 0 Å². The van der Waals surface area contributed by atoms with Crippen molar-refractivity contribution < 1.29 is 14.3 Å². The molecule has 1 saturated heterocycles. The van der Waals surface area contributed by atoms with Gasteiger partial charge in [0.2, 0.25) is 11.8 Å². The zero-order valence-corrected chi connectivity index (χ0v) is 12.1. The zero-order chi connectivity index (χ0) is 15.1. The molecule has 21 heavy (non-hydrogen) atoms. The van der Waals surface area contributed by atoms with Crippen LogP contribution in [0.2, 0.25) is 0 Å². The van der Waals surface area contributed by atoms with E-state index in [0.29, 0.717) is 26.1 Å². The second kappa shape index (κ2) is 7.78. The number of benzene rings is 1. The summed E-state index contributed by atoms with van der Waals surface area (Å²) in [5.41, 5.74) is 6.60. The van der Waals surface area contributed by atoms with Crippen molar-refractivity contribution in [2.75, 3.05) is 13.2 Å². The summed E-state index contributed by atoms with van der Waals surface area (Å²) in [5.74, 6) is -0.757. The Morgan fingerprint density at radius 2 is 2.10 bits per heavy atom. The third-order valence-corrected chi connectivity index (χ3v) is 3.76. The highest BCUT2D eigenvalue weighted by molar-refractivity contribution is 5.87. The maximum atomic E-state index is 12.0. The van der Waals surface area contributed by atoms with Crippen LogP contribution in [0.5, 0.6) is 0 Å². The largest absolute Gasteiger partial charge is 0.381 e. The molecule has 1 aromatic carbocycles. The number of hydrogen-bond acceptors (Lipinski definition) is 3. The van der Waals surface area contributed by atoms with Crippen molar-refractivity contribution in [1.82, 2.24) is 5.32 Å². The predicted octanol–water partition coefficient (Wildman–Crippen LogP) is 1.02. The molecule has 2 rings (SSSR count). The van der Waals surface area contributed by atoms with Gasteiger partial charge < -0.3 is 15.8 Å². The first-order valence-electron chi connectivity index (χ1n) is 7.38. The Hall–Kier alpha value is -1.88. The molecule has 0 spiro atoms. The van der Waals surface area contributed by atoms with Gasteiger partial charge in [0, 0.05) is 6.61 Å². The van der Waals surface area contributed by atoms with Crippen LogP contribution in [0, 0.1) is 5.92 Å². The second-order valence-corrected chi connectivity index (χ2v) is 5.40. The van der Waals surface area contributed by atoms with Crippen LogP contribution >= 0.6 is 0 Å². The molecular formula is C16H22N2O3. The lowest BCUT2D eigenvalue weighted by Gasteiger charge is -2.17. The molecule has 5 nitrogen and oxygen atoms in total. The summed E-state index contributed by atoms with van der Waals surface area (Å²) in [6.07, 6.45) is 2.94. The van der Waals surface area contributed by atoms with Gasteiger partial charge in [-0.05, 0) is 31.2 Å². The monoisotopic (exact) mass is 290 g/mol. The Morgan fingerprint density at radius 3 is 2.71 bits per heavy atom. The van der Waals surface area contributed by atoms with Crippen molar-refractivity contribution in [2.24, 2.45) is 11.7 Å². The number of carbonyl (C=O) groups excluding carboxylic acids is 2. The number of primary amides is 1. The highest BCUT2D eigenvalue weighted by Gasteiger charge is 2.26. The number of aryl methyl sites for hydroxylation is 1. The molecule has 2 amide bonds.